The fraction of sp³-hybridized carbons (Fsp3) is 0.400. The van der Waals surface area contributed by atoms with Crippen molar-refractivity contribution in [2.45, 2.75) is 12.5 Å². The van der Waals surface area contributed by atoms with E-state index in [1.165, 1.54) is 10.4 Å². The molecule has 0 N–H and O–H groups in total. The van der Waals surface area contributed by atoms with Gasteiger partial charge in [-0.25, -0.2) is 18.4 Å². The van der Waals surface area contributed by atoms with Gasteiger partial charge in [0.15, 0.2) is 9.84 Å². The molecule has 0 amide bonds. The Kier molecular flexibility index (Phi) is 4.57. The molecule has 0 unspecified atom stereocenters. The molecule has 28 heavy (non-hydrogen) atoms. The van der Waals surface area contributed by atoms with Crippen LogP contribution in [0.4, 0.5) is 5.82 Å². The smallest absolute Gasteiger partial charge is 0.151 e. The first-order valence-electron chi connectivity index (χ1n) is 9.58. The van der Waals surface area contributed by atoms with Gasteiger partial charge in [0.2, 0.25) is 0 Å². The van der Waals surface area contributed by atoms with Crippen molar-refractivity contribution in [1.82, 2.24) is 14.9 Å². The molecular formula is C20H22N4O2S2. The Labute approximate surface area is 168 Å². The van der Waals surface area contributed by atoms with Crippen molar-refractivity contribution < 1.29 is 8.42 Å². The molecule has 2 fully saturated rings. The van der Waals surface area contributed by atoms with E-state index in [2.05, 4.69) is 50.1 Å². The minimum Gasteiger partial charge on any atom is -0.353 e. The molecule has 4 heterocycles. The number of hydrogen-bond donors (Lipinski definition) is 0. The second kappa shape index (κ2) is 7.09. The van der Waals surface area contributed by atoms with Crippen LogP contribution >= 0.6 is 11.3 Å². The van der Waals surface area contributed by atoms with E-state index < -0.39 is 9.84 Å². The predicted octanol–water partition coefficient (Wildman–Crippen LogP) is 2.67. The first-order chi connectivity index (χ1) is 13.6. The second-order valence-corrected chi connectivity index (χ2v) is 10.7. The van der Waals surface area contributed by atoms with Crippen molar-refractivity contribution in [2.24, 2.45) is 0 Å². The molecule has 1 atom stereocenters. The molecule has 146 valence electrons. The Morgan fingerprint density at radius 3 is 2.54 bits per heavy atom. The Morgan fingerprint density at radius 1 is 1.04 bits per heavy atom. The Balaban J connectivity index is 1.36. The van der Waals surface area contributed by atoms with Crippen LogP contribution in [-0.2, 0) is 9.84 Å². The Bertz CT molecular complexity index is 1090. The van der Waals surface area contributed by atoms with E-state index in [0.29, 0.717) is 11.5 Å². The summed E-state index contributed by atoms with van der Waals surface area (Å²) in [7, 11) is -2.84. The lowest BCUT2D eigenvalue weighted by Crippen LogP contribution is -2.51. The average Bonchev–Trinajstić information content (AvgIpc) is 3.32. The van der Waals surface area contributed by atoms with Crippen molar-refractivity contribution in [3.05, 3.63) is 42.7 Å². The number of rotatable bonds is 3. The second-order valence-electron chi connectivity index (χ2n) is 7.47. The maximum atomic E-state index is 11.8. The summed E-state index contributed by atoms with van der Waals surface area (Å²) in [6.45, 7) is 3.47. The fourth-order valence-electron chi connectivity index (χ4n) is 4.20. The van der Waals surface area contributed by atoms with Crippen molar-refractivity contribution in [2.75, 3.05) is 42.6 Å². The highest BCUT2D eigenvalue weighted by Crippen LogP contribution is 2.36. The molecule has 0 aliphatic carbocycles. The maximum Gasteiger partial charge on any atom is 0.151 e. The fourth-order valence-corrected chi connectivity index (χ4v) is 6.96. The van der Waals surface area contributed by atoms with E-state index in [4.69, 9.17) is 0 Å². The number of piperazine rings is 1. The van der Waals surface area contributed by atoms with Crippen LogP contribution < -0.4 is 4.90 Å². The van der Waals surface area contributed by atoms with E-state index in [0.717, 1.165) is 48.6 Å². The molecule has 0 saturated carbocycles. The molecular weight excluding hydrogens is 392 g/mol. The lowest BCUT2D eigenvalue weighted by Gasteiger charge is -2.38. The van der Waals surface area contributed by atoms with Crippen LogP contribution in [0.2, 0.25) is 0 Å². The van der Waals surface area contributed by atoms with Gasteiger partial charge in [-0.05, 0) is 18.1 Å². The van der Waals surface area contributed by atoms with Crippen molar-refractivity contribution >= 4 is 37.2 Å². The number of sulfone groups is 1. The molecule has 0 radical (unpaired) electrons. The SMILES string of the molecule is O=S1(=O)CC[C@@H](N2CCN(c3ncnc4sc(-c5ccccc5)cc34)CC2)C1. The molecule has 0 spiro atoms. The van der Waals surface area contributed by atoms with Crippen LogP contribution in [0.3, 0.4) is 0 Å². The highest BCUT2D eigenvalue weighted by Gasteiger charge is 2.34. The predicted molar refractivity (Wildman–Crippen MR) is 114 cm³/mol. The first kappa shape index (κ1) is 18.0. The van der Waals surface area contributed by atoms with E-state index in [1.807, 2.05) is 6.07 Å². The van der Waals surface area contributed by atoms with Gasteiger partial charge < -0.3 is 4.90 Å². The van der Waals surface area contributed by atoms with E-state index >= 15 is 0 Å². The van der Waals surface area contributed by atoms with Crippen LogP contribution in [0.15, 0.2) is 42.7 Å². The molecule has 6 nitrogen and oxygen atoms in total. The van der Waals surface area contributed by atoms with Crippen molar-refractivity contribution in [3.63, 3.8) is 0 Å². The molecule has 2 aromatic heterocycles. The number of nitrogens with zero attached hydrogens (tertiary/aromatic N) is 4. The number of aromatic nitrogens is 2. The quantitative estimate of drug-likeness (QED) is 0.657. The molecule has 2 saturated heterocycles. The minimum absolute atomic E-state index is 0.184. The lowest BCUT2D eigenvalue weighted by atomic mass is 10.1. The third-order valence-corrected chi connectivity index (χ3v) is 8.55. The van der Waals surface area contributed by atoms with Gasteiger partial charge in [-0.1, -0.05) is 30.3 Å². The van der Waals surface area contributed by atoms with Gasteiger partial charge in [0, 0.05) is 37.1 Å². The van der Waals surface area contributed by atoms with E-state index in [1.54, 1.807) is 17.7 Å². The highest BCUT2D eigenvalue weighted by molar-refractivity contribution is 7.91. The van der Waals surface area contributed by atoms with Crippen molar-refractivity contribution in [1.29, 1.82) is 0 Å². The highest BCUT2D eigenvalue weighted by atomic mass is 32.2. The van der Waals surface area contributed by atoms with E-state index in [-0.39, 0.29) is 6.04 Å². The molecule has 3 aromatic rings. The van der Waals surface area contributed by atoms with Crippen LogP contribution in [0.25, 0.3) is 20.7 Å². The van der Waals surface area contributed by atoms with Crippen LogP contribution in [-0.4, -0.2) is 67.0 Å². The third kappa shape index (κ3) is 3.40. The zero-order chi connectivity index (χ0) is 19.1. The topological polar surface area (TPSA) is 66.4 Å². The summed E-state index contributed by atoms with van der Waals surface area (Å²) in [5, 5.41) is 1.10. The van der Waals surface area contributed by atoms with Gasteiger partial charge in [0.05, 0.1) is 16.9 Å². The van der Waals surface area contributed by atoms with E-state index in [9.17, 15) is 8.42 Å². The molecule has 2 aliphatic rings. The normalized spacial score (nSPS) is 22.7. The van der Waals surface area contributed by atoms with Gasteiger partial charge in [0.25, 0.3) is 0 Å². The molecule has 5 rings (SSSR count). The van der Waals surface area contributed by atoms with Crippen LogP contribution in [0.5, 0.6) is 0 Å². The molecule has 8 heteroatoms. The van der Waals surface area contributed by atoms with Crippen molar-refractivity contribution in [3.8, 4) is 10.4 Å². The summed E-state index contributed by atoms with van der Waals surface area (Å²) >= 11 is 1.69. The average molecular weight is 415 g/mol. The lowest BCUT2D eigenvalue weighted by molar-refractivity contribution is 0.200. The molecule has 1 aromatic carbocycles. The molecule has 0 bridgehead atoms. The monoisotopic (exact) mass is 414 g/mol. The minimum atomic E-state index is -2.84. The Hall–Kier alpha value is -2.03. The molecule has 2 aliphatic heterocycles. The standard InChI is InChI=1S/C20H22N4O2S2/c25-28(26)11-6-16(13-28)23-7-9-24(10-8-23)19-17-12-18(15-4-2-1-3-5-15)27-20(17)22-14-21-19/h1-5,12,14,16H,6-11,13H2/t16-/m1/s1. The first-order valence-corrected chi connectivity index (χ1v) is 12.2. The zero-order valence-corrected chi connectivity index (χ0v) is 17.1. The summed E-state index contributed by atoms with van der Waals surface area (Å²) < 4.78 is 23.6. The van der Waals surface area contributed by atoms with Gasteiger partial charge in [0.1, 0.15) is 17.0 Å². The summed E-state index contributed by atoms with van der Waals surface area (Å²) in [5.41, 5.74) is 1.20. The number of benzene rings is 1. The number of fused-ring (bicyclic) bond motifs is 1. The summed E-state index contributed by atoms with van der Waals surface area (Å²) in [6, 6.07) is 12.7. The maximum absolute atomic E-state index is 11.8. The summed E-state index contributed by atoms with van der Waals surface area (Å²) in [6.07, 6.45) is 2.42. The van der Waals surface area contributed by atoms with Gasteiger partial charge in [-0.2, -0.15) is 0 Å². The number of anilines is 1. The Morgan fingerprint density at radius 2 is 1.82 bits per heavy atom. The summed E-state index contributed by atoms with van der Waals surface area (Å²) in [5.74, 6) is 1.64. The van der Waals surface area contributed by atoms with Gasteiger partial charge in [-0.15, -0.1) is 11.3 Å². The number of thiophene rings is 1. The largest absolute Gasteiger partial charge is 0.353 e. The van der Waals surface area contributed by atoms with Crippen LogP contribution in [0.1, 0.15) is 6.42 Å². The number of hydrogen-bond acceptors (Lipinski definition) is 7. The third-order valence-electron chi connectivity index (χ3n) is 5.71. The van der Waals surface area contributed by atoms with Crippen LogP contribution in [0, 0.1) is 0 Å². The zero-order valence-electron chi connectivity index (χ0n) is 15.5. The van der Waals surface area contributed by atoms with Gasteiger partial charge in [-0.3, -0.25) is 4.90 Å². The summed E-state index contributed by atoms with van der Waals surface area (Å²) in [4.78, 5) is 15.9. The van der Waals surface area contributed by atoms with Gasteiger partial charge >= 0.3 is 0 Å².